The summed E-state index contributed by atoms with van der Waals surface area (Å²) in [5, 5.41) is 4.04. The molecule has 1 fully saturated rings. The molecule has 1 aliphatic heterocycles. The summed E-state index contributed by atoms with van der Waals surface area (Å²) in [5.74, 6) is -0.525. The smallest absolute Gasteiger partial charge is 0.323 e. The molecule has 3 atom stereocenters. The molecule has 6 aromatic carbocycles. The second-order valence-corrected chi connectivity index (χ2v) is 18.9. The molecule has 6 aromatic rings. The van der Waals surface area contributed by atoms with Crippen molar-refractivity contribution in [1.29, 1.82) is 0 Å². The Hall–Kier alpha value is -5.82. The van der Waals surface area contributed by atoms with Gasteiger partial charge in [0.05, 0.1) is 11.1 Å². The summed E-state index contributed by atoms with van der Waals surface area (Å²) in [4.78, 5) is 32.0. The number of benzene rings is 6. The van der Waals surface area contributed by atoms with Crippen molar-refractivity contribution in [3.05, 3.63) is 191 Å². The van der Waals surface area contributed by atoms with Crippen molar-refractivity contribution in [3.63, 3.8) is 0 Å². The molecule has 3 aliphatic rings. The van der Waals surface area contributed by atoms with E-state index in [1.54, 1.807) is 0 Å². The van der Waals surface area contributed by atoms with Crippen LogP contribution in [0.5, 0.6) is 0 Å². The zero-order valence-corrected chi connectivity index (χ0v) is 36.2. The highest BCUT2D eigenvalue weighted by Crippen LogP contribution is 2.58. The number of carbonyl (C=O) groups is 2. The minimum atomic E-state index is -0.834. The molecule has 0 spiro atoms. The highest BCUT2D eigenvalue weighted by atomic mass is 16.6. The SMILES string of the molecule is CC(C)(C)OC(=O)[C@H](CC[C@H]1CC[C@@H](C(=O)OC(C)(C)C)N1C1(c2ccccc2)c2ccccc2-c2ccccc21)NC1(c2ccccc2)c2ccccc2-c2ccccc21. The van der Waals surface area contributed by atoms with E-state index in [4.69, 9.17) is 9.47 Å². The zero-order valence-electron chi connectivity index (χ0n) is 36.2. The van der Waals surface area contributed by atoms with Gasteiger partial charge in [-0.3, -0.25) is 19.8 Å². The van der Waals surface area contributed by atoms with Crippen LogP contribution in [0.4, 0.5) is 0 Å². The maximum absolute atomic E-state index is 14.9. The Balaban J connectivity index is 1.19. The second kappa shape index (κ2) is 15.6. The quantitative estimate of drug-likeness (QED) is 0.139. The first-order valence-corrected chi connectivity index (χ1v) is 21.8. The monoisotopic (exact) mass is 808 g/mol. The first-order valence-electron chi connectivity index (χ1n) is 21.8. The number of fused-ring (bicyclic) bond motifs is 6. The molecule has 1 heterocycles. The van der Waals surface area contributed by atoms with Crippen LogP contribution in [0.2, 0.25) is 0 Å². The molecule has 61 heavy (non-hydrogen) atoms. The van der Waals surface area contributed by atoms with E-state index in [-0.39, 0.29) is 18.0 Å². The average molecular weight is 809 g/mol. The van der Waals surface area contributed by atoms with E-state index in [0.717, 1.165) is 62.1 Å². The third-order valence-electron chi connectivity index (χ3n) is 12.7. The summed E-state index contributed by atoms with van der Waals surface area (Å²) in [5.41, 5.74) is 8.22. The Labute approximate surface area is 360 Å². The summed E-state index contributed by atoms with van der Waals surface area (Å²) in [7, 11) is 0. The van der Waals surface area contributed by atoms with Gasteiger partial charge in [0.15, 0.2) is 0 Å². The molecule has 0 radical (unpaired) electrons. The van der Waals surface area contributed by atoms with Gasteiger partial charge in [-0.2, -0.15) is 0 Å². The van der Waals surface area contributed by atoms with Gasteiger partial charge in [0.1, 0.15) is 23.3 Å². The predicted molar refractivity (Wildman–Crippen MR) is 243 cm³/mol. The van der Waals surface area contributed by atoms with Crippen molar-refractivity contribution in [2.75, 3.05) is 0 Å². The van der Waals surface area contributed by atoms with Gasteiger partial charge in [-0.25, -0.2) is 0 Å². The molecule has 310 valence electrons. The van der Waals surface area contributed by atoms with E-state index < -0.39 is 34.4 Å². The lowest BCUT2D eigenvalue weighted by atomic mass is 9.77. The van der Waals surface area contributed by atoms with E-state index >= 15 is 0 Å². The van der Waals surface area contributed by atoms with Gasteiger partial charge in [0.2, 0.25) is 0 Å². The molecular formula is C55H56N2O4. The first-order chi connectivity index (χ1) is 29.3. The molecule has 0 saturated carbocycles. The summed E-state index contributed by atoms with van der Waals surface area (Å²) in [6.07, 6.45) is 2.45. The summed E-state index contributed by atoms with van der Waals surface area (Å²) in [6.45, 7) is 11.6. The maximum Gasteiger partial charge on any atom is 0.323 e. The topological polar surface area (TPSA) is 67.9 Å². The molecular weight excluding hydrogens is 753 g/mol. The fourth-order valence-corrected chi connectivity index (χ4v) is 10.6. The number of nitrogens with one attached hydrogen (secondary N) is 1. The van der Waals surface area contributed by atoms with E-state index in [1.165, 1.54) is 0 Å². The number of likely N-dealkylation sites (tertiary alicyclic amines) is 1. The molecule has 6 heteroatoms. The van der Waals surface area contributed by atoms with Crippen LogP contribution in [-0.4, -0.2) is 46.2 Å². The Morgan fingerprint density at radius 2 is 1.00 bits per heavy atom. The number of rotatable bonds is 10. The van der Waals surface area contributed by atoms with Crippen molar-refractivity contribution in [2.45, 2.75) is 108 Å². The maximum atomic E-state index is 14.9. The number of hydrogen-bond acceptors (Lipinski definition) is 6. The normalized spacial score (nSPS) is 19.0. The lowest BCUT2D eigenvalue weighted by Crippen LogP contribution is -2.56. The number of nitrogens with zero attached hydrogens (tertiary/aromatic N) is 1. The largest absolute Gasteiger partial charge is 0.459 e. The van der Waals surface area contributed by atoms with Gasteiger partial charge in [-0.15, -0.1) is 0 Å². The molecule has 1 N–H and O–H groups in total. The minimum absolute atomic E-state index is 0.112. The van der Waals surface area contributed by atoms with Gasteiger partial charge in [0, 0.05) is 6.04 Å². The molecule has 0 aromatic heterocycles. The van der Waals surface area contributed by atoms with Crippen LogP contribution < -0.4 is 5.32 Å². The van der Waals surface area contributed by atoms with Crippen LogP contribution in [0.15, 0.2) is 158 Å². The summed E-state index contributed by atoms with van der Waals surface area (Å²) in [6, 6.07) is 54.1. The van der Waals surface area contributed by atoms with E-state index in [9.17, 15) is 9.59 Å². The highest BCUT2D eigenvalue weighted by Gasteiger charge is 2.57. The molecule has 6 nitrogen and oxygen atoms in total. The second-order valence-electron chi connectivity index (χ2n) is 18.9. The molecule has 1 saturated heterocycles. The van der Waals surface area contributed by atoms with Crippen molar-refractivity contribution in [3.8, 4) is 22.3 Å². The number of carbonyl (C=O) groups excluding carboxylic acids is 2. The van der Waals surface area contributed by atoms with Crippen molar-refractivity contribution in [2.24, 2.45) is 0 Å². The molecule has 0 amide bonds. The third kappa shape index (κ3) is 7.00. The van der Waals surface area contributed by atoms with Crippen molar-refractivity contribution in [1.82, 2.24) is 10.2 Å². The fourth-order valence-electron chi connectivity index (χ4n) is 10.6. The molecule has 0 unspecified atom stereocenters. The fraction of sp³-hybridized carbons (Fsp3) is 0.309. The molecule has 9 rings (SSSR count). The zero-order chi connectivity index (χ0) is 42.6. The van der Waals surface area contributed by atoms with E-state index in [0.29, 0.717) is 19.3 Å². The van der Waals surface area contributed by atoms with Gasteiger partial charge in [-0.05, 0) is 123 Å². The highest BCUT2D eigenvalue weighted by molar-refractivity contribution is 5.86. The lowest BCUT2D eigenvalue weighted by Gasteiger charge is -2.47. The van der Waals surface area contributed by atoms with Gasteiger partial charge < -0.3 is 9.47 Å². The summed E-state index contributed by atoms with van der Waals surface area (Å²) < 4.78 is 12.6. The molecule has 0 bridgehead atoms. The Morgan fingerprint density at radius 3 is 1.49 bits per heavy atom. The van der Waals surface area contributed by atoms with Crippen molar-refractivity contribution < 1.29 is 19.1 Å². The lowest BCUT2D eigenvalue weighted by molar-refractivity contribution is -0.163. The van der Waals surface area contributed by atoms with Crippen molar-refractivity contribution >= 4 is 11.9 Å². The third-order valence-corrected chi connectivity index (χ3v) is 12.7. The van der Waals surface area contributed by atoms with Crippen LogP contribution >= 0.6 is 0 Å². The Kier molecular flexibility index (Phi) is 10.4. The van der Waals surface area contributed by atoms with Gasteiger partial charge in [-0.1, -0.05) is 158 Å². The summed E-state index contributed by atoms with van der Waals surface area (Å²) >= 11 is 0. The minimum Gasteiger partial charge on any atom is -0.459 e. The standard InChI is InChI=1S/C55H56N2O4/c1-52(2,3)60-50(58)48(56-54(37-21-9-7-10-22-37)44-29-17-13-25-40(44)41-26-14-18-30-45(41)54)35-33-39-34-36-49(51(59)61-53(4,5)6)57(39)55(38-23-11-8-12-24-38)46-31-19-15-27-42(46)43-28-16-20-32-47(43)55/h7-32,39,48-49,56H,33-36H2,1-6H3/t39-,48-,49-/m0/s1. The average Bonchev–Trinajstić information content (AvgIpc) is 3.90. The number of hydrogen-bond donors (Lipinski definition) is 1. The van der Waals surface area contributed by atoms with E-state index in [1.807, 2.05) is 47.6 Å². The van der Waals surface area contributed by atoms with Crippen LogP contribution in [-0.2, 0) is 30.1 Å². The van der Waals surface area contributed by atoms with E-state index in [2.05, 4.69) is 162 Å². The van der Waals surface area contributed by atoms with Gasteiger partial charge >= 0.3 is 11.9 Å². The Morgan fingerprint density at radius 1 is 0.574 bits per heavy atom. The van der Waals surface area contributed by atoms with Crippen LogP contribution in [0.3, 0.4) is 0 Å². The van der Waals surface area contributed by atoms with Crippen LogP contribution in [0, 0.1) is 0 Å². The van der Waals surface area contributed by atoms with Crippen LogP contribution in [0.1, 0.15) is 101 Å². The Bertz CT molecular complexity index is 2480. The van der Waals surface area contributed by atoms with Crippen LogP contribution in [0.25, 0.3) is 22.3 Å². The van der Waals surface area contributed by atoms with Gasteiger partial charge in [0.25, 0.3) is 0 Å². The predicted octanol–water partition coefficient (Wildman–Crippen LogP) is 11.2. The molecule has 2 aliphatic carbocycles. The number of ether oxygens (including phenoxy) is 2. The first kappa shape index (κ1) is 40.6. The number of esters is 2.